The second-order valence-electron chi connectivity index (χ2n) is 6.65. The second kappa shape index (κ2) is 6.62. The molecular weight excluding hydrogens is 334 g/mol. The summed E-state index contributed by atoms with van der Waals surface area (Å²) < 4.78 is 1.80. The zero-order valence-electron chi connectivity index (χ0n) is 13.8. The lowest BCUT2D eigenvalue weighted by molar-refractivity contribution is -0.0516. The molecule has 4 rings (SSSR count). The summed E-state index contributed by atoms with van der Waals surface area (Å²) in [4.78, 5) is 4.06. The Labute approximate surface area is 152 Å². The first kappa shape index (κ1) is 16.3. The molecule has 1 aliphatic carbocycles. The van der Waals surface area contributed by atoms with E-state index in [1.807, 2.05) is 36.4 Å². The van der Waals surface area contributed by atoms with E-state index in [-0.39, 0.29) is 6.04 Å². The lowest BCUT2D eigenvalue weighted by Gasteiger charge is -2.40. The van der Waals surface area contributed by atoms with E-state index in [0.29, 0.717) is 0 Å². The van der Waals surface area contributed by atoms with Crippen molar-refractivity contribution in [1.29, 1.82) is 0 Å². The molecule has 1 aromatic heterocycles. The third-order valence-corrected chi connectivity index (χ3v) is 5.38. The van der Waals surface area contributed by atoms with E-state index < -0.39 is 5.60 Å². The summed E-state index contributed by atoms with van der Waals surface area (Å²) in [6.07, 6.45) is 6.94. The maximum absolute atomic E-state index is 11.6. The second-order valence-corrected chi connectivity index (χ2v) is 7.09. The summed E-state index contributed by atoms with van der Waals surface area (Å²) in [5.74, 6) is 0. The summed E-state index contributed by atoms with van der Waals surface area (Å²) in [7, 11) is 0. The summed E-state index contributed by atoms with van der Waals surface area (Å²) in [6.45, 7) is 0. The van der Waals surface area contributed by atoms with Crippen LogP contribution in [0.3, 0.4) is 0 Å². The fourth-order valence-corrected chi connectivity index (χ4v) is 3.94. The Balaban J connectivity index is 1.74. The van der Waals surface area contributed by atoms with Gasteiger partial charge in [-0.3, -0.25) is 0 Å². The van der Waals surface area contributed by atoms with Gasteiger partial charge in [-0.05, 0) is 47.7 Å². The summed E-state index contributed by atoms with van der Waals surface area (Å²) in [6, 6.07) is 15.8. The number of rotatable bonds is 3. The summed E-state index contributed by atoms with van der Waals surface area (Å²) in [5, 5.41) is 16.6. The van der Waals surface area contributed by atoms with E-state index in [1.54, 1.807) is 11.0 Å². The molecule has 0 bridgehead atoms. The Bertz CT molecular complexity index is 848. The number of benzene rings is 2. The van der Waals surface area contributed by atoms with E-state index in [4.69, 9.17) is 11.6 Å². The van der Waals surface area contributed by atoms with Crippen LogP contribution in [0.4, 0.5) is 0 Å². The third-order valence-electron chi connectivity index (χ3n) is 5.13. The maximum Gasteiger partial charge on any atom is 0.137 e. The average Bonchev–Trinajstić information content (AvgIpc) is 3.17. The van der Waals surface area contributed by atoms with Crippen LogP contribution in [0.25, 0.3) is 11.1 Å². The lowest BCUT2D eigenvalue weighted by Crippen LogP contribution is -2.39. The molecule has 128 valence electrons. The molecule has 4 nitrogen and oxygen atoms in total. The molecule has 0 saturated heterocycles. The molecule has 0 spiro atoms. The molecular formula is C20H20ClN3O. The van der Waals surface area contributed by atoms with Crippen molar-refractivity contribution in [3.63, 3.8) is 0 Å². The largest absolute Gasteiger partial charge is 0.383 e. The smallest absolute Gasteiger partial charge is 0.137 e. The highest BCUT2D eigenvalue weighted by Gasteiger charge is 2.42. The maximum atomic E-state index is 11.6. The Morgan fingerprint density at radius 2 is 1.92 bits per heavy atom. The van der Waals surface area contributed by atoms with Crippen LogP contribution >= 0.6 is 11.6 Å². The summed E-state index contributed by atoms with van der Waals surface area (Å²) in [5.41, 5.74) is 2.16. The van der Waals surface area contributed by atoms with E-state index >= 15 is 0 Å². The molecule has 1 fully saturated rings. The van der Waals surface area contributed by atoms with E-state index in [9.17, 15) is 5.11 Å². The molecule has 1 heterocycles. The van der Waals surface area contributed by atoms with Gasteiger partial charge in [0, 0.05) is 5.02 Å². The Morgan fingerprint density at radius 1 is 1.08 bits per heavy atom. The van der Waals surface area contributed by atoms with Crippen molar-refractivity contribution in [2.24, 2.45) is 0 Å². The van der Waals surface area contributed by atoms with Crippen LogP contribution in [0.2, 0.25) is 5.02 Å². The van der Waals surface area contributed by atoms with E-state index in [1.165, 1.54) is 6.33 Å². The van der Waals surface area contributed by atoms with Gasteiger partial charge in [-0.25, -0.2) is 9.67 Å². The van der Waals surface area contributed by atoms with Gasteiger partial charge in [0.05, 0.1) is 6.04 Å². The highest BCUT2D eigenvalue weighted by atomic mass is 35.5. The zero-order valence-corrected chi connectivity index (χ0v) is 14.6. The Hall–Kier alpha value is -2.17. The molecule has 0 radical (unpaired) electrons. The molecule has 3 aromatic rings. The molecule has 5 heteroatoms. The van der Waals surface area contributed by atoms with Gasteiger partial charge in [0.15, 0.2) is 0 Å². The predicted molar refractivity (Wildman–Crippen MR) is 98.3 cm³/mol. The van der Waals surface area contributed by atoms with Crippen LogP contribution in [-0.2, 0) is 5.60 Å². The highest BCUT2D eigenvalue weighted by molar-refractivity contribution is 6.30. The number of hydrogen-bond donors (Lipinski definition) is 1. The number of aliphatic hydroxyl groups is 1. The van der Waals surface area contributed by atoms with Crippen LogP contribution in [-0.4, -0.2) is 19.9 Å². The molecule has 1 N–H and O–H groups in total. The van der Waals surface area contributed by atoms with Gasteiger partial charge < -0.3 is 5.11 Å². The van der Waals surface area contributed by atoms with Crippen LogP contribution < -0.4 is 0 Å². The molecule has 25 heavy (non-hydrogen) atoms. The molecule has 2 unspecified atom stereocenters. The molecule has 0 amide bonds. The minimum Gasteiger partial charge on any atom is -0.383 e. The average molecular weight is 354 g/mol. The van der Waals surface area contributed by atoms with Crippen molar-refractivity contribution in [2.75, 3.05) is 0 Å². The number of hydrogen-bond acceptors (Lipinski definition) is 3. The van der Waals surface area contributed by atoms with Gasteiger partial charge >= 0.3 is 0 Å². The van der Waals surface area contributed by atoms with Gasteiger partial charge in [0.1, 0.15) is 18.3 Å². The SMILES string of the molecule is OC1(c2cccc(-c3ccc(Cl)cc3)c2)CCCCC1n1cncn1. The van der Waals surface area contributed by atoms with Crippen LogP contribution in [0.1, 0.15) is 37.3 Å². The number of halogens is 1. The normalized spacial score (nSPS) is 23.5. The zero-order chi connectivity index (χ0) is 17.3. The monoisotopic (exact) mass is 353 g/mol. The first-order valence-electron chi connectivity index (χ1n) is 8.60. The van der Waals surface area contributed by atoms with Gasteiger partial charge in [-0.1, -0.05) is 54.8 Å². The highest BCUT2D eigenvalue weighted by Crippen LogP contribution is 2.44. The van der Waals surface area contributed by atoms with Crippen molar-refractivity contribution >= 4 is 11.6 Å². The molecule has 2 aromatic carbocycles. The van der Waals surface area contributed by atoms with Gasteiger partial charge in [0.2, 0.25) is 0 Å². The number of aromatic nitrogens is 3. The van der Waals surface area contributed by atoms with Crippen LogP contribution in [0.15, 0.2) is 61.2 Å². The fourth-order valence-electron chi connectivity index (χ4n) is 3.81. The fraction of sp³-hybridized carbons (Fsp3) is 0.300. The van der Waals surface area contributed by atoms with Gasteiger partial charge in [0.25, 0.3) is 0 Å². The van der Waals surface area contributed by atoms with Gasteiger partial charge in [-0.2, -0.15) is 5.10 Å². The van der Waals surface area contributed by atoms with Crippen molar-refractivity contribution in [3.8, 4) is 11.1 Å². The molecule has 1 saturated carbocycles. The first-order valence-corrected chi connectivity index (χ1v) is 8.97. The van der Waals surface area contributed by atoms with E-state index in [2.05, 4.69) is 22.2 Å². The topological polar surface area (TPSA) is 50.9 Å². The minimum atomic E-state index is -0.936. The minimum absolute atomic E-state index is 0.0933. The number of nitrogens with zero attached hydrogens (tertiary/aromatic N) is 3. The molecule has 1 aliphatic rings. The van der Waals surface area contributed by atoms with Gasteiger partial charge in [-0.15, -0.1) is 0 Å². The van der Waals surface area contributed by atoms with E-state index in [0.717, 1.165) is 47.4 Å². The first-order chi connectivity index (χ1) is 12.2. The van der Waals surface area contributed by atoms with Crippen molar-refractivity contribution in [2.45, 2.75) is 37.3 Å². The third kappa shape index (κ3) is 3.08. The predicted octanol–water partition coefficient (Wildman–Crippen LogP) is 4.60. The van der Waals surface area contributed by atoms with Crippen LogP contribution in [0.5, 0.6) is 0 Å². The lowest BCUT2D eigenvalue weighted by atomic mass is 9.75. The van der Waals surface area contributed by atoms with Crippen molar-refractivity contribution < 1.29 is 5.11 Å². The van der Waals surface area contributed by atoms with Crippen LogP contribution in [0, 0.1) is 0 Å². The summed E-state index contributed by atoms with van der Waals surface area (Å²) >= 11 is 5.99. The molecule has 0 aliphatic heterocycles. The Morgan fingerprint density at radius 3 is 2.68 bits per heavy atom. The quantitative estimate of drug-likeness (QED) is 0.748. The van der Waals surface area contributed by atoms with Crippen molar-refractivity contribution in [1.82, 2.24) is 14.8 Å². The standard InChI is InChI=1S/C20H20ClN3O/c21-18-9-7-15(8-10-18)16-4-3-5-17(12-16)20(25)11-2-1-6-19(20)24-14-22-13-23-24/h3-5,7-10,12-14,19,25H,1-2,6,11H2. The van der Waals surface area contributed by atoms with Crippen molar-refractivity contribution in [3.05, 3.63) is 71.8 Å². The molecule has 2 atom stereocenters. The Kier molecular flexibility index (Phi) is 4.32.